The lowest BCUT2D eigenvalue weighted by atomic mass is 10.5. The highest BCUT2D eigenvalue weighted by molar-refractivity contribution is 6.21. The Kier molecular flexibility index (Phi) is 3.76. The van der Waals surface area contributed by atoms with Crippen molar-refractivity contribution in [2.24, 2.45) is 0 Å². The van der Waals surface area contributed by atoms with Gasteiger partial charge in [-0.1, -0.05) is 0 Å². The SMILES string of the molecule is COc1nc(OC)nc(C(Cl)([N+](=O)[O-])[N+](=O)[O-])n1. The van der Waals surface area contributed by atoms with Crippen molar-refractivity contribution in [1.29, 1.82) is 0 Å². The van der Waals surface area contributed by atoms with E-state index in [1.165, 1.54) is 0 Å². The van der Waals surface area contributed by atoms with Gasteiger partial charge in [0.2, 0.25) is 0 Å². The van der Waals surface area contributed by atoms with Crippen LogP contribution in [-0.2, 0) is 5.12 Å². The first-order valence-corrected chi connectivity index (χ1v) is 4.56. The number of nitro groups is 2. The van der Waals surface area contributed by atoms with E-state index in [4.69, 9.17) is 11.6 Å². The summed E-state index contributed by atoms with van der Waals surface area (Å²) in [4.78, 5) is 29.0. The van der Waals surface area contributed by atoms with E-state index in [2.05, 4.69) is 24.4 Å². The fraction of sp³-hybridized carbons (Fsp3) is 0.500. The first-order valence-electron chi connectivity index (χ1n) is 4.18. The molecule has 0 spiro atoms. The molecule has 0 atom stereocenters. The topological polar surface area (TPSA) is 143 Å². The molecular formula is C6H6ClN5O6. The minimum atomic E-state index is -3.23. The van der Waals surface area contributed by atoms with Gasteiger partial charge in [0.05, 0.1) is 25.8 Å². The molecule has 1 aromatic heterocycles. The van der Waals surface area contributed by atoms with Crippen LogP contribution in [0.15, 0.2) is 0 Å². The van der Waals surface area contributed by atoms with Crippen LogP contribution in [-0.4, -0.2) is 39.0 Å². The fourth-order valence-corrected chi connectivity index (χ4v) is 0.977. The summed E-state index contributed by atoms with van der Waals surface area (Å²) in [6.07, 6.45) is 0. The van der Waals surface area contributed by atoms with Crippen LogP contribution in [0, 0.1) is 20.2 Å². The highest BCUT2D eigenvalue weighted by atomic mass is 35.5. The number of alkyl halides is 1. The van der Waals surface area contributed by atoms with Gasteiger partial charge in [0.1, 0.15) is 9.85 Å². The van der Waals surface area contributed by atoms with Crippen molar-refractivity contribution in [1.82, 2.24) is 15.0 Å². The maximum absolute atomic E-state index is 10.7. The van der Waals surface area contributed by atoms with Crippen molar-refractivity contribution in [3.05, 3.63) is 26.1 Å². The van der Waals surface area contributed by atoms with E-state index in [0.29, 0.717) is 0 Å². The third-order valence-electron chi connectivity index (χ3n) is 1.73. The molecule has 0 saturated carbocycles. The summed E-state index contributed by atoms with van der Waals surface area (Å²) >= 11 is 5.33. The molecule has 0 bridgehead atoms. The largest absolute Gasteiger partial charge is 0.598 e. The van der Waals surface area contributed by atoms with Crippen LogP contribution >= 0.6 is 11.6 Å². The van der Waals surface area contributed by atoms with E-state index in [0.717, 1.165) is 14.2 Å². The lowest BCUT2D eigenvalue weighted by Gasteiger charge is -2.09. The minimum absolute atomic E-state index is 0.398. The van der Waals surface area contributed by atoms with E-state index >= 15 is 0 Å². The highest BCUT2D eigenvalue weighted by Crippen LogP contribution is 2.29. The molecule has 0 unspecified atom stereocenters. The average molecular weight is 280 g/mol. The predicted molar refractivity (Wildman–Crippen MR) is 54.5 cm³/mol. The van der Waals surface area contributed by atoms with Gasteiger partial charge in [-0.15, -0.1) is 4.98 Å². The summed E-state index contributed by atoms with van der Waals surface area (Å²) < 4.78 is 9.21. The standard InChI is InChI=1S/C6H6ClN5O6/c1-17-4-8-3(9-5(10-4)18-2)6(7,11(13)14)12(15)16/h1-2H3. The zero-order valence-corrected chi connectivity index (χ0v) is 9.82. The predicted octanol–water partition coefficient (Wildman–Crippen LogP) is -0.209. The zero-order chi connectivity index (χ0) is 13.9. The van der Waals surface area contributed by atoms with Crippen LogP contribution in [0.25, 0.3) is 0 Å². The average Bonchev–Trinajstić information content (AvgIpc) is 2.36. The molecule has 1 aromatic rings. The van der Waals surface area contributed by atoms with E-state index in [1.807, 2.05) is 0 Å². The molecule has 0 radical (unpaired) electrons. The van der Waals surface area contributed by atoms with Crippen molar-refractivity contribution < 1.29 is 19.3 Å². The highest BCUT2D eigenvalue weighted by Gasteiger charge is 2.61. The summed E-state index contributed by atoms with van der Waals surface area (Å²) in [6, 6.07) is -0.795. The van der Waals surface area contributed by atoms with E-state index in [-0.39, 0.29) is 0 Å². The van der Waals surface area contributed by atoms with Gasteiger partial charge >= 0.3 is 23.0 Å². The van der Waals surface area contributed by atoms with Gasteiger partial charge in [-0.25, -0.2) is 0 Å². The number of rotatable bonds is 5. The molecule has 0 aliphatic rings. The van der Waals surface area contributed by atoms with Crippen molar-refractivity contribution in [2.45, 2.75) is 5.12 Å². The Morgan fingerprint density at radius 1 is 1.06 bits per heavy atom. The Bertz CT molecular complexity index is 459. The van der Waals surface area contributed by atoms with Crippen LogP contribution < -0.4 is 9.47 Å². The Hall–Kier alpha value is -2.30. The monoisotopic (exact) mass is 279 g/mol. The number of nitrogens with zero attached hydrogens (tertiary/aromatic N) is 5. The van der Waals surface area contributed by atoms with Crippen molar-refractivity contribution in [2.75, 3.05) is 14.2 Å². The quantitative estimate of drug-likeness (QED) is 0.235. The van der Waals surface area contributed by atoms with E-state index < -0.39 is 32.8 Å². The molecule has 0 N–H and O–H groups in total. The lowest BCUT2D eigenvalue weighted by molar-refractivity contribution is -0.780. The van der Waals surface area contributed by atoms with Crippen LogP contribution in [0.1, 0.15) is 5.82 Å². The first kappa shape index (κ1) is 13.8. The smallest absolute Gasteiger partial charge is 0.467 e. The molecule has 0 amide bonds. The molecule has 0 saturated heterocycles. The molecule has 1 rings (SSSR count). The van der Waals surface area contributed by atoms with Crippen LogP contribution in [0.5, 0.6) is 12.0 Å². The second-order valence-electron chi connectivity index (χ2n) is 2.73. The van der Waals surface area contributed by atoms with Crippen molar-refractivity contribution >= 4 is 11.6 Å². The molecule has 0 fully saturated rings. The molecule has 0 aliphatic heterocycles. The van der Waals surface area contributed by atoms with Gasteiger partial charge in [0.15, 0.2) is 0 Å². The second kappa shape index (κ2) is 4.91. The Morgan fingerprint density at radius 2 is 1.44 bits per heavy atom. The first-order chi connectivity index (χ1) is 8.36. The van der Waals surface area contributed by atoms with Gasteiger partial charge in [-0.2, -0.15) is 9.97 Å². The fourth-order valence-electron chi connectivity index (χ4n) is 0.893. The van der Waals surface area contributed by atoms with Crippen molar-refractivity contribution in [3.63, 3.8) is 0 Å². The van der Waals surface area contributed by atoms with Crippen LogP contribution in [0.3, 0.4) is 0 Å². The van der Waals surface area contributed by atoms with E-state index in [9.17, 15) is 20.2 Å². The second-order valence-corrected chi connectivity index (χ2v) is 3.26. The number of hydrogen-bond acceptors (Lipinski definition) is 9. The van der Waals surface area contributed by atoms with E-state index in [1.54, 1.807) is 0 Å². The summed E-state index contributed by atoms with van der Waals surface area (Å²) in [5.74, 6) is -0.914. The normalized spacial score (nSPS) is 10.8. The van der Waals surface area contributed by atoms with Gasteiger partial charge in [-0.05, 0) is 0 Å². The number of halogens is 1. The van der Waals surface area contributed by atoms with Gasteiger partial charge in [0, 0.05) is 0 Å². The summed E-state index contributed by atoms with van der Waals surface area (Å²) in [5.41, 5.74) is 0. The molecule has 12 heteroatoms. The molecule has 0 aromatic carbocycles. The number of hydrogen-bond donors (Lipinski definition) is 0. The summed E-state index contributed by atoms with van der Waals surface area (Å²) in [6.45, 7) is 0. The minimum Gasteiger partial charge on any atom is -0.467 e. The Balaban J connectivity index is 3.46. The summed E-state index contributed by atoms with van der Waals surface area (Å²) in [5, 5.41) is 18.2. The zero-order valence-electron chi connectivity index (χ0n) is 9.06. The Morgan fingerprint density at radius 3 is 1.72 bits per heavy atom. The van der Waals surface area contributed by atoms with Crippen LogP contribution in [0.4, 0.5) is 0 Å². The number of methoxy groups -OCH3 is 2. The van der Waals surface area contributed by atoms with Gasteiger partial charge < -0.3 is 9.47 Å². The maximum Gasteiger partial charge on any atom is 0.598 e. The maximum atomic E-state index is 10.7. The third-order valence-corrected chi connectivity index (χ3v) is 2.17. The summed E-state index contributed by atoms with van der Waals surface area (Å²) in [7, 11) is 2.32. The van der Waals surface area contributed by atoms with Gasteiger partial charge in [0.25, 0.3) is 0 Å². The third kappa shape index (κ3) is 2.20. The molecule has 0 aliphatic carbocycles. The lowest BCUT2D eigenvalue weighted by Crippen LogP contribution is -2.39. The Labute approximate surface area is 104 Å². The van der Waals surface area contributed by atoms with Gasteiger partial charge in [-0.3, -0.25) is 20.2 Å². The number of aromatic nitrogens is 3. The van der Waals surface area contributed by atoms with Crippen molar-refractivity contribution in [3.8, 4) is 12.0 Å². The molecule has 98 valence electrons. The van der Waals surface area contributed by atoms with Crippen LogP contribution in [0.2, 0.25) is 0 Å². The molecule has 11 nitrogen and oxygen atoms in total. The molecule has 18 heavy (non-hydrogen) atoms. The molecular weight excluding hydrogens is 274 g/mol. The number of ether oxygens (including phenoxy) is 2. The molecule has 1 heterocycles.